The van der Waals surface area contributed by atoms with Crippen molar-refractivity contribution in [3.8, 4) is 11.3 Å². The Hall–Kier alpha value is -1.88. The van der Waals surface area contributed by atoms with E-state index < -0.39 is 5.97 Å². The highest BCUT2D eigenvalue weighted by Gasteiger charge is 2.20. The summed E-state index contributed by atoms with van der Waals surface area (Å²) in [6, 6.07) is 7.89. The van der Waals surface area contributed by atoms with Crippen LogP contribution in [0.15, 0.2) is 29.4 Å². The quantitative estimate of drug-likeness (QED) is 0.493. The molecular weight excluding hydrogens is 272 g/mol. The first-order chi connectivity index (χ1) is 9.56. The zero-order chi connectivity index (χ0) is 14.7. The molecule has 1 heterocycles. The molecule has 1 aromatic heterocycles. The normalized spacial score (nSPS) is 10.4. The molecule has 0 radical (unpaired) electrons. The zero-order valence-electron chi connectivity index (χ0n) is 11.9. The Labute approximate surface area is 122 Å². The highest BCUT2D eigenvalue weighted by molar-refractivity contribution is 7.98. The van der Waals surface area contributed by atoms with Crippen molar-refractivity contribution in [2.24, 2.45) is 0 Å². The van der Waals surface area contributed by atoms with Crippen molar-refractivity contribution in [2.45, 2.75) is 19.0 Å². The topological polar surface area (TPSA) is 52.1 Å². The molecule has 0 saturated heterocycles. The van der Waals surface area contributed by atoms with Gasteiger partial charge in [0, 0.05) is 5.56 Å². The van der Waals surface area contributed by atoms with Gasteiger partial charge in [0.1, 0.15) is 5.56 Å². The van der Waals surface area contributed by atoms with E-state index in [1.807, 2.05) is 37.4 Å². The molecule has 0 saturated carbocycles. The average molecular weight is 288 g/mol. The van der Waals surface area contributed by atoms with Crippen LogP contribution in [-0.2, 0) is 4.74 Å². The molecule has 0 aliphatic heterocycles. The molecular formula is C15H16N2O2S. The molecule has 0 aliphatic rings. The molecule has 0 amide bonds. The highest BCUT2D eigenvalue weighted by Crippen LogP contribution is 2.27. The van der Waals surface area contributed by atoms with E-state index in [4.69, 9.17) is 4.74 Å². The Morgan fingerprint density at radius 3 is 2.60 bits per heavy atom. The predicted molar refractivity (Wildman–Crippen MR) is 80.1 cm³/mol. The number of carbonyl (C=O) groups is 1. The third kappa shape index (κ3) is 2.82. The summed E-state index contributed by atoms with van der Waals surface area (Å²) in [6.07, 6.45) is 1.91. The largest absolute Gasteiger partial charge is 0.465 e. The van der Waals surface area contributed by atoms with Gasteiger partial charge in [-0.25, -0.2) is 14.8 Å². The third-order valence-corrected chi connectivity index (χ3v) is 3.48. The van der Waals surface area contributed by atoms with E-state index in [0.717, 1.165) is 11.1 Å². The summed E-state index contributed by atoms with van der Waals surface area (Å²) in [5.41, 5.74) is 3.69. The van der Waals surface area contributed by atoms with E-state index in [2.05, 4.69) is 9.97 Å². The van der Waals surface area contributed by atoms with E-state index in [-0.39, 0.29) is 0 Å². The van der Waals surface area contributed by atoms with Crippen LogP contribution in [0.1, 0.15) is 21.6 Å². The van der Waals surface area contributed by atoms with Gasteiger partial charge in [0.25, 0.3) is 0 Å². The maximum atomic E-state index is 12.0. The first-order valence-corrected chi connectivity index (χ1v) is 7.37. The molecule has 2 aromatic rings. The molecule has 0 N–H and O–H groups in total. The minimum Gasteiger partial charge on any atom is -0.465 e. The fourth-order valence-electron chi connectivity index (χ4n) is 1.99. The van der Waals surface area contributed by atoms with Crippen LogP contribution < -0.4 is 0 Å². The van der Waals surface area contributed by atoms with Crippen LogP contribution in [0.4, 0.5) is 0 Å². The van der Waals surface area contributed by atoms with Gasteiger partial charge in [-0.05, 0) is 26.2 Å². The van der Waals surface area contributed by atoms with Gasteiger partial charge >= 0.3 is 5.97 Å². The van der Waals surface area contributed by atoms with Crippen molar-refractivity contribution in [1.29, 1.82) is 0 Å². The number of carbonyl (C=O) groups excluding carboxylic acids is 1. The van der Waals surface area contributed by atoms with Crippen LogP contribution in [0.2, 0.25) is 0 Å². The van der Waals surface area contributed by atoms with E-state index in [1.54, 1.807) is 6.92 Å². The monoisotopic (exact) mass is 288 g/mol. The van der Waals surface area contributed by atoms with Crippen molar-refractivity contribution in [3.63, 3.8) is 0 Å². The second kappa shape index (κ2) is 6.05. The summed E-state index contributed by atoms with van der Waals surface area (Å²) >= 11 is 1.45. The van der Waals surface area contributed by atoms with Gasteiger partial charge in [0.2, 0.25) is 0 Å². The predicted octanol–water partition coefficient (Wildman–Crippen LogP) is 3.27. The summed E-state index contributed by atoms with van der Waals surface area (Å²) < 4.78 is 4.86. The number of hydrogen-bond donors (Lipinski definition) is 0. The third-order valence-electron chi connectivity index (χ3n) is 2.93. The summed E-state index contributed by atoms with van der Waals surface area (Å²) in [7, 11) is 1.37. The minimum absolute atomic E-state index is 0.411. The minimum atomic E-state index is -0.411. The first kappa shape index (κ1) is 14.5. The number of rotatable bonds is 3. The van der Waals surface area contributed by atoms with Gasteiger partial charge in [0.05, 0.1) is 18.5 Å². The standard InChI is InChI=1S/C15H16N2O2S/c1-9-6-5-7-11(8-9)13-12(14(18)19-3)10(2)16-15(17-13)20-4/h5-8H,1-4H3. The lowest BCUT2D eigenvalue weighted by Gasteiger charge is -2.11. The second-order valence-electron chi connectivity index (χ2n) is 4.38. The molecule has 1 aromatic carbocycles. The maximum absolute atomic E-state index is 12.0. The van der Waals surface area contributed by atoms with E-state index in [9.17, 15) is 4.79 Å². The number of hydrogen-bond acceptors (Lipinski definition) is 5. The van der Waals surface area contributed by atoms with Crippen molar-refractivity contribution in [3.05, 3.63) is 41.1 Å². The number of benzene rings is 1. The van der Waals surface area contributed by atoms with Gasteiger partial charge in [0.15, 0.2) is 5.16 Å². The number of esters is 1. The van der Waals surface area contributed by atoms with Crippen molar-refractivity contribution in [1.82, 2.24) is 9.97 Å². The number of ether oxygens (including phenoxy) is 1. The van der Waals surface area contributed by atoms with Crippen LogP contribution >= 0.6 is 11.8 Å². The summed E-state index contributed by atoms with van der Waals surface area (Å²) in [5.74, 6) is -0.411. The van der Waals surface area contributed by atoms with Gasteiger partial charge in [-0.2, -0.15) is 0 Å². The average Bonchev–Trinajstić information content (AvgIpc) is 2.45. The van der Waals surface area contributed by atoms with E-state index >= 15 is 0 Å². The molecule has 0 atom stereocenters. The van der Waals surface area contributed by atoms with E-state index in [1.165, 1.54) is 18.9 Å². The van der Waals surface area contributed by atoms with Crippen LogP contribution in [0.25, 0.3) is 11.3 Å². The molecule has 2 rings (SSSR count). The molecule has 20 heavy (non-hydrogen) atoms. The Kier molecular flexibility index (Phi) is 4.39. The molecule has 0 unspecified atom stereocenters. The Morgan fingerprint density at radius 1 is 1.25 bits per heavy atom. The van der Waals surface area contributed by atoms with Crippen LogP contribution in [-0.4, -0.2) is 29.3 Å². The molecule has 104 valence electrons. The van der Waals surface area contributed by atoms with Crippen LogP contribution in [0.3, 0.4) is 0 Å². The molecule has 5 heteroatoms. The van der Waals surface area contributed by atoms with Crippen molar-refractivity contribution < 1.29 is 9.53 Å². The number of aromatic nitrogens is 2. The summed E-state index contributed by atoms with van der Waals surface area (Å²) in [4.78, 5) is 20.8. The highest BCUT2D eigenvalue weighted by atomic mass is 32.2. The summed E-state index contributed by atoms with van der Waals surface area (Å²) in [5, 5.41) is 0.645. The Balaban J connectivity index is 2.71. The van der Waals surface area contributed by atoms with E-state index in [0.29, 0.717) is 22.1 Å². The van der Waals surface area contributed by atoms with Gasteiger partial charge < -0.3 is 4.74 Å². The Morgan fingerprint density at radius 2 is 2.00 bits per heavy atom. The zero-order valence-corrected chi connectivity index (χ0v) is 12.7. The molecule has 0 aliphatic carbocycles. The number of methoxy groups -OCH3 is 1. The fourth-order valence-corrected chi connectivity index (χ4v) is 2.40. The maximum Gasteiger partial charge on any atom is 0.341 e. The number of aryl methyl sites for hydroxylation is 2. The number of thioether (sulfide) groups is 1. The molecule has 0 bridgehead atoms. The molecule has 0 spiro atoms. The first-order valence-electron chi connectivity index (χ1n) is 6.14. The van der Waals surface area contributed by atoms with Gasteiger partial charge in [-0.15, -0.1) is 0 Å². The van der Waals surface area contributed by atoms with Gasteiger partial charge in [-0.3, -0.25) is 0 Å². The van der Waals surface area contributed by atoms with Crippen molar-refractivity contribution >= 4 is 17.7 Å². The lowest BCUT2D eigenvalue weighted by molar-refractivity contribution is 0.0599. The lowest BCUT2D eigenvalue weighted by atomic mass is 10.0. The van der Waals surface area contributed by atoms with Crippen molar-refractivity contribution in [2.75, 3.05) is 13.4 Å². The van der Waals surface area contributed by atoms with Crippen LogP contribution in [0.5, 0.6) is 0 Å². The van der Waals surface area contributed by atoms with Gasteiger partial charge in [-0.1, -0.05) is 35.5 Å². The lowest BCUT2D eigenvalue weighted by Crippen LogP contribution is -2.10. The molecule has 0 fully saturated rings. The molecule has 4 nitrogen and oxygen atoms in total. The SMILES string of the molecule is COC(=O)c1c(C)nc(SC)nc1-c1cccc(C)c1. The smallest absolute Gasteiger partial charge is 0.341 e. The Bertz CT molecular complexity index is 656. The van der Waals surface area contributed by atoms with Crippen LogP contribution in [0, 0.1) is 13.8 Å². The summed E-state index contributed by atoms with van der Waals surface area (Å²) in [6.45, 7) is 3.80. The number of nitrogens with zero attached hydrogens (tertiary/aromatic N) is 2. The fraction of sp³-hybridized carbons (Fsp3) is 0.267. The second-order valence-corrected chi connectivity index (χ2v) is 5.15.